The lowest BCUT2D eigenvalue weighted by atomic mass is 9.87. The fraction of sp³-hybridized carbons (Fsp3) is 0.269. The van der Waals surface area contributed by atoms with Gasteiger partial charge in [0, 0.05) is 42.2 Å². The van der Waals surface area contributed by atoms with Crippen molar-refractivity contribution in [1.82, 2.24) is 9.97 Å². The highest BCUT2D eigenvalue weighted by atomic mass is 16.6. The summed E-state index contributed by atoms with van der Waals surface area (Å²) in [5, 5.41) is 11.9. The van der Waals surface area contributed by atoms with Crippen LogP contribution < -0.4 is 15.1 Å². The maximum atomic E-state index is 11.6. The van der Waals surface area contributed by atoms with Gasteiger partial charge in [0.1, 0.15) is 29.4 Å². The summed E-state index contributed by atoms with van der Waals surface area (Å²) in [4.78, 5) is 30.6. The number of benzene rings is 1. The van der Waals surface area contributed by atoms with Crippen LogP contribution >= 0.6 is 0 Å². The van der Waals surface area contributed by atoms with E-state index in [0.29, 0.717) is 35.7 Å². The van der Waals surface area contributed by atoms with E-state index in [0.717, 1.165) is 10.9 Å². The van der Waals surface area contributed by atoms with Gasteiger partial charge in [0.2, 0.25) is 5.88 Å². The number of nitro groups is 1. The number of hydrogen-bond donors (Lipinski definition) is 0. The summed E-state index contributed by atoms with van der Waals surface area (Å²) in [6.45, 7) is 5.70. The lowest BCUT2D eigenvalue weighted by molar-refractivity contribution is -0.419. The first kappa shape index (κ1) is 23.9. The molecule has 35 heavy (non-hydrogen) atoms. The molecule has 0 saturated heterocycles. The van der Waals surface area contributed by atoms with Crippen molar-refractivity contribution < 1.29 is 18.8 Å². The van der Waals surface area contributed by atoms with Gasteiger partial charge in [-0.15, -0.1) is 0 Å². The van der Waals surface area contributed by atoms with Gasteiger partial charge in [-0.25, -0.2) is 14.8 Å². The summed E-state index contributed by atoms with van der Waals surface area (Å²) in [6, 6.07) is 8.48. The predicted octanol–water partition coefficient (Wildman–Crippen LogP) is 4.88. The highest BCUT2D eigenvalue weighted by molar-refractivity contribution is 5.79. The summed E-state index contributed by atoms with van der Waals surface area (Å²) in [7, 11) is 0. The van der Waals surface area contributed by atoms with Crippen LogP contribution in [0.5, 0.6) is 11.6 Å². The molecule has 2 aromatic heterocycles. The van der Waals surface area contributed by atoms with E-state index < -0.39 is 16.1 Å². The van der Waals surface area contributed by atoms with Crippen LogP contribution in [0, 0.1) is 10.1 Å². The van der Waals surface area contributed by atoms with Crippen LogP contribution in [0.1, 0.15) is 38.4 Å². The molecule has 3 aromatic rings. The van der Waals surface area contributed by atoms with Gasteiger partial charge in [0.05, 0.1) is 10.6 Å². The van der Waals surface area contributed by atoms with E-state index >= 15 is 0 Å². The molecule has 4 rings (SSSR count). The van der Waals surface area contributed by atoms with Crippen molar-refractivity contribution in [2.45, 2.75) is 45.3 Å². The van der Waals surface area contributed by atoms with Gasteiger partial charge >= 0.3 is 5.63 Å². The first-order valence-corrected chi connectivity index (χ1v) is 11.2. The van der Waals surface area contributed by atoms with E-state index in [9.17, 15) is 14.9 Å². The molecule has 0 amide bonds. The Morgan fingerprint density at radius 3 is 2.89 bits per heavy atom. The van der Waals surface area contributed by atoms with Crippen molar-refractivity contribution in [2.24, 2.45) is 0 Å². The molecule has 0 fully saturated rings. The first-order chi connectivity index (χ1) is 16.8. The Morgan fingerprint density at radius 2 is 2.14 bits per heavy atom. The maximum absolute atomic E-state index is 11.6. The van der Waals surface area contributed by atoms with Gasteiger partial charge in [-0.3, -0.25) is 10.1 Å². The molecule has 0 N–H and O–H groups in total. The predicted molar refractivity (Wildman–Crippen MR) is 131 cm³/mol. The standard InChI is InChI=1S/C26H25N3O6/c1-4-7-20(29(31)32)9-6-8-19-14-24(28-16-27-19)34-23-13-18-12-17-10-11-25(30)33-21(17)15-22(18)35-26(23,3)5-2/h4,6-12,14-16,23H,5,13H2,1-3H3/b7-4-,8-6+,20-9+. The molecule has 2 unspecified atom stereocenters. The number of ether oxygens (including phenoxy) is 2. The van der Waals surface area contributed by atoms with E-state index in [1.807, 2.05) is 19.9 Å². The van der Waals surface area contributed by atoms with Gasteiger partial charge in [0.25, 0.3) is 5.70 Å². The van der Waals surface area contributed by atoms with Gasteiger partial charge in [-0.1, -0.05) is 19.1 Å². The van der Waals surface area contributed by atoms with Crippen LogP contribution in [0.3, 0.4) is 0 Å². The highest BCUT2D eigenvalue weighted by Crippen LogP contribution is 2.39. The molecule has 1 aromatic carbocycles. The van der Waals surface area contributed by atoms with Crippen molar-refractivity contribution in [3.63, 3.8) is 0 Å². The SMILES string of the molecule is C\C=C/C(=C\C=C\c1cc(OC2Cc3cc4ccc(=O)oc4cc3OC2(C)CC)ncn1)[N+](=O)[O-]. The number of hydrogen-bond acceptors (Lipinski definition) is 8. The second-order valence-electron chi connectivity index (χ2n) is 8.32. The van der Waals surface area contributed by atoms with E-state index in [4.69, 9.17) is 13.9 Å². The van der Waals surface area contributed by atoms with Crippen LogP contribution in [-0.4, -0.2) is 26.6 Å². The van der Waals surface area contributed by atoms with Crippen molar-refractivity contribution in [1.29, 1.82) is 0 Å². The highest BCUT2D eigenvalue weighted by Gasteiger charge is 2.42. The van der Waals surface area contributed by atoms with Gasteiger partial charge < -0.3 is 13.9 Å². The topological polar surface area (TPSA) is 118 Å². The van der Waals surface area contributed by atoms with E-state index in [1.165, 1.54) is 24.5 Å². The molecule has 2 atom stereocenters. The quantitative estimate of drug-likeness (QED) is 0.205. The normalized spacial score (nSPS) is 20.2. The van der Waals surface area contributed by atoms with E-state index in [-0.39, 0.29) is 11.8 Å². The minimum absolute atomic E-state index is 0.0298. The zero-order chi connectivity index (χ0) is 25.0. The van der Waals surface area contributed by atoms with Crippen molar-refractivity contribution in [3.8, 4) is 11.6 Å². The second kappa shape index (κ2) is 9.92. The lowest BCUT2D eigenvalue weighted by Crippen LogP contribution is -2.51. The Bertz CT molecular complexity index is 1410. The van der Waals surface area contributed by atoms with E-state index in [1.54, 1.807) is 43.4 Å². The molecule has 0 saturated carbocycles. The molecular weight excluding hydrogens is 450 g/mol. The fourth-order valence-corrected chi connectivity index (χ4v) is 3.85. The lowest BCUT2D eigenvalue weighted by Gasteiger charge is -2.41. The zero-order valence-electron chi connectivity index (χ0n) is 19.6. The monoisotopic (exact) mass is 475 g/mol. The third-order valence-corrected chi connectivity index (χ3v) is 5.94. The van der Waals surface area contributed by atoms with Crippen LogP contribution in [0.4, 0.5) is 0 Å². The average molecular weight is 476 g/mol. The molecule has 0 bridgehead atoms. The van der Waals surface area contributed by atoms with Crippen molar-refractivity contribution in [3.05, 3.63) is 98.5 Å². The van der Waals surface area contributed by atoms with Crippen LogP contribution in [-0.2, 0) is 6.42 Å². The molecule has 0 radical (unpaired) electrons. The number of aromatic nitrogens is 2. The fourth-order valence-electron chi connectivity index (χ4n) is 3.85. The summed E-state index contributed by atoms with van der Waals surface area (Å²) in [5.74, 6) is 1.03. The smallest absolute Gasteiger partial charge is 0.336 e. The minimum Gasteiger partial charge on any atom is -0.483 e. The Morgan fingerprint density at radius 1 is 1.31 bits per heavy atom. The van der Waals surface area contributed by atoms with Crippen molar-refractivity contribution in [2.75, 3.05) is 0 Å². The maximum Gasteiger partial charge on any atom is 0.336 e. The Kier molecular flexibility index (Phi) is 6.77. The van der Waals surface area contributed by atoms with Crippen LogP contribution in [0.15, 0.2) is 75.9 Å². The summed E-state index contributed by atoms with van der Waals surface area (Å²) < 4.78 is 17.9. The summed E-state index contributed by atoms with van der Waals surface area (Å²) in [5.41, 5.74) is 0.881. The zero-order valence-corrected chi connectivity index (χ0v) is 19.6. The third-order valence-electron chi connectivity index (χ3n) is 5.94. The number of nitrogens with zero attached hydrogens (tertiary/aromatic N) is 3. The van der Waals surface area contributed by atoms with Gasteiger partial charge in [-0.05, 0) is 44.0 Å². The molecule has 180 valence electrons. The molecule has 1 aliphatic heterocycles. The molecule has 9 heteroatoms. The van der Waals surface area contributed by atoms with Crippen LogP contribution in [0.2, 0.25) is 0 Å². The molecule has 3 heterocycles. The van der Waals surface area contributed by atoms with Gasteiger partial charge in [-0.2, -0.15) is 0 Å². The number of allylic oxidation sites excluding steroid dienone is 4. The Hall–Kier alpha value is -4.27. The molecule has 9 nitrogen and oxygen atoms in total. The van der Waals surface area contributed by atoms with Crippen molar-refractivity contribution >= 4 is 17.0 Å². The summed E-state index contributed by atoms with van der Waals surface area (Å²) in [6.07, 6.45) is 9.92. The Labute approximate surface area is 201 Å². The minimum atomic E-state index is -0.646. The number of rotatable bonds is 7. The Balaban J connectivity index is 1.58. The molecular formula is C26H25N3O6. The van der Waals surface area contributed by atoms with E-state index in [2.05, 4.69) is 9.97 Å². The molecule has 0 spiro atoms. The number of fused-ring (bicyclic) bond motifs is 2. The largest absolute Gasteiger partial charge is 0.483 e. The molecule has 1 aliphatic rings. The average Bonchev–Trinajstić information content (AvgIpc) is 2.83. The summed E-state index contributed by atoms with van der Waals surface area (Å²) >= 11 is 0. The molecule has 0 aliphatic carbocycles. The third kappa shape index (κ3) is 5.29. The van der Waals surface area contributed by atoms with Crippen LogP contribution in [0.25, 0.3) is 17.0 Å². The first-order valence-electron chi connectivity index (χ1n) is 11.2. The second-order valence-corrected chi connectivity index (χ2v) is 8.32. The van der Waals surface area contributed by atoms with Gasteiger partial charge in [0.15, 0.2) is 0 Å².